The molecular weight excluding hydrogens is 893 g/mol. The molecule has 74 heavy (non-hydrogen) atoms. The Kier molecular flexibility index (Phi) is 10.7. The lowest BCUT2D eigenvalue weighted by atomic mass is 9.69. The summed E-state index contributed by atoms with van der Waals surface area (Å²) in [4.78, 5) is 4.73. The van der Waals surface area contributed by atoms with Gasteiger partial charge in [0.15, 0.2) is 0 Å². The fraction of sp³-hybridized carbons (Fsp3) is 0.0278. The molecule has 0 saturated heterocycles. The topological polar surface area (TPSA) is 6.48 Å². The van der Waals surface area contributed by atoms with E-state index in [0.29, 0.717) is 5.92 Å². The van der Waals surface area contributed by atoms with Crippen LogP contribution in [-0.4, -0.2) is 0 Å². The summed E-state index contributed by atoms with van der Waals surface area (Å²) >= 11 is 0. The predicted octanol–water partition coefficient (Wildman–Crippen LogP) is 19.9. The van der Waals surface area contributed by atoms with Crippen LogP contribution in [0.1, 0.15) is 28.5 Å². The summed E-state index contributed by atoms with van der Waals surface area (Å²) in [5.74, 6) is 0.586. The van der Waals surface area contributed by atoms with E-state index in [0.717, 1.165) is 45.3 Å². The number of anilines is 6. The number of benzene rings is 12. The molecule has 0 heterocycles. The first kappa shape index (κ1) is 43.3. The molecule has 2 aliphatic rings. The maximum absolute atomic E-state index is 2.50. The number of fused-ring (bicyclic) bond motifs is 12. The van der Waals surface area contributed by atoms with Crippen molar-refractivity contribution in [2.24, 2.45) is 0 Å². The molecule has 348 valence electrons. The molecule has 0 aromatic heterocycles. The van der Waals surface area contributed by atoms with Crippen molar-refractivity contribution in [2.75, 3.05) is 9.80 Å². The van der Waals surface area contributed by atoms with Gasteiger partial charge in [0, 0.05) is 46.0 Å². The van der Waals surface area contributed by atoms with E-state index >= 15 is 0 Å². The first-order chi connectivity index (χ1) is 36.7. The number of hydrogen-bond donors (Lipinski definition) is 0. The average molecular weight is 943 g/mol. The van der Waals surface area contributed by atoms with Crippen molar-refractivity contribution in [3.05, 3.63) is 308 Å². The number of allylic oxidation sites excluding steroid dienone is 4. The molecule has 0 amide bonds. The molecule has 2 aliphatic carbocycles. The smallest absolute Gasteiger partial charge is 0.0467 e. The number of rotatable bonds is 9. The molecule has 2 nitrogen and oxygen atoms in total. The van der Waals surface area contributed by atoms with Crippen LogP contribution in [0.25, 0.3) is 71.3 Å². The standard InChI is InChI=1S/C72H50N2/c1-3-19-55(20-4-1)73(59-23-15-17-51(45-59)53-37-43-69-65-29-9-7-25-61(65)63-27-11-13-31-67(63)71(69)47-53)57-39-33-49(34-40-57)50-35-41-58(42-36-50)74(56-21-5-2-6-22-56)60-24-16-18-52(46-60)54-38-44-70-66-30-10-8-26-62(66)64-28-12-14-32-68(64)72(70)48-54/h1-48,69,71H. The molecule has 0 radical (unpaired) electrons. The van der Waals surface area contributed by atoms with Gasteiger partial charge in [-0.3, -0.25) is 0 Å². The number of hydrogen-bond acceptors (Lipinski definition) is 2. The van der Waals surface area contributed by atoms with Crippen molar-refractivity contribution < 1.29 is 0 Å². The summed E-state index contributed by atoms with van der Waals surface area (Å²) in [6.07, 6.45) is 7.26. The molecule has 0 bridgehead atoms. The van der Waals surface area contributed by atoms with Gasteiger partial charge in [-0.25, -0.2) is 0 Å². The van der Waals surface area contributed by atoms with Crippen LogP contribution >= 0.6 is 0 Å². The minimum Gasteiger partial charge on any atom is -0.310 e. The van der Waals surface area contributed by atoms with Crippen LogP contribution in [-0.2, 0) is 0 Å². The maximum Gasteiger partial charge on any atom is 0.0467 e. The molecule has 0 fully saturated rings. The van der Waals surface area contributed by atoms with Gasteiger partial charge in [-0.1, -0.05) is 212 Å². The van der Waals surface area contributed by atoms with Crippen LogP contribution in [0.15, 0.2) is 291 Å². The Balaban J connectivity index is 0.769. The second kappa shape index (κ2) is 18.3. The van der Waals surface area contributed by atoms with E-state index in [2.05, 4.69) is 301 Å². The van der Waals surface area contributed by atoms with Gasteiger partial charge >= 0.3 is 0 Å². The Morgan fingerprint density at radius 1 is 0.243 bits per heavy atom. The molecule has 12 aromatic carbocycles. The number of para-hydroxylation sites is 2. The summed E-state index contributed by atoms with van der Waals surface area (Å²) in [6.45, 7) is 0. The maximum atomic E-state index is 2.50. The van der Waals surface area contributed by atoms with E-state index in [4.69, 9.17) is 0 Å². The van der Waals surface area contributed by atoms with Crippen LogP contribution in [0, 0.1) is 0 Å². The highest BCUT2D eigenvalue weighted by Crippen LogP contribution is 2.51. The van der Waals surface area contributed by atoms with Crippen LogP contribution in [0.5, 0.6) is 0 Å². The predicted molar refractivity (Wildman–Crippen MR) is 314 cm³/mol. The van der Waals surface area contributed by atoms with Crippen molar-refractivity contribution in [3.8, 4) is 33.4 Å². The van der Waals surface area contributed by atoms with E-state index in [-0.39, 0.29) is 5.92 Å². The summed E-state index contributed by atoms with van der Waals surface area (Å²) < 4.78 is 0. The third-order valence-corrected chi connectivity index (χ3v) is 15.4. The van der Waals surface area contributed by atoms with E-state index in [1.807, 2.05) is 0 Å². The van der Waals surface area contributed by atoms with Gasteiger partial charge in [0.1, 0.15) is 0 Å². The highest BCUT2D eigenvalue weighted by atomic mass is 15.1. The first-order valence-electron chi connectivity index (χ1n) is 25.7. The lowest BCUT2D eigenvalue weighted by molar-refractivity contribution is 0.722. The molecular formula is C72H50N2. The van der Waals surface area contributed by atoms with Gasteiger partial charge in [-0.15, -0.1) is 0 Å². The van der Waals surface area contributed by atoms with Crippen molar-refractivity contribution in [2.45, 2.75) is 11.8 Å². The lowest BCUT2D eigenvalue weighted by Gasteiger charge is -2.35. The normalized spacial score (nSPS) is 14.5. The Hall–Kier alpha value is -9.50. The minimum atomic E-state index is 0.272. The third kappa shape index (κ3) is 7.59. The number of nitrogens with zero attached hydrogens (tertiary/aromatic N) is 2. The SMILES string of the molecule is C1=CC2c3ccccc3-c3ccccc3C2C=C1c1cccc(N(c2ccccc2)c2ccc(-c3ccc(N(c4ccccc4)c4cccc(-c5ccc6c7ccccc7c7ccccc7c6c5)c4)cc3)cc2)c1. The Morgan fingerprint density at radius 2 is 0.635 bits per heavy atom. The van der Waals surface area contributed by atoms with Gasteiger partial charge in [-0.2, -0.15) is 0 Å². The molecule has 2 atom stereocenters. The largest absolute Gasteiger partial charge is 0.310 e. The Morgan fingerprint density at radius 3 is 1.19 bits per heavy atom. The van der Waals surface area contributed by atoms with E-state index < -0.39 is 0 Å². The monoisotopic (exact) mass is 942 g/mol. The van der Waals surface area contributed by atoms with Crippen molar-refractivity contribution in [3.63, 3.8) is 0 Å². The van der Waals surface area contributed by atoms with Gasteiger partial charge in [0.05, 0.1) is 0 Å². The minimum absolute atomic E-state index is 0.272. The molecule has 12 aromatic rings. The molecule has 2 heteroatoms. The van der Waals surface area contributed by atoms with E-state index in [1.54, 1.807) is 0 Å². The molecule has 0 spiro atoms. The molecule has 2 unspecified atom stereocenters. The second-order valence-electron chi connectivity index (χ2n) is 19.6. The van der Waals surface area contributed by atoms with Crippen LogP contribution in [0.2, 0.25) is 0 Å². The Labute approximate surface area is 432 Å². The van der Waals surface area contributed by atoms with Crippen LogP contribution in [0.4, 0.5) is 34.1 Å². The van der Waals surface area contributed by atoms with Crippen LogP contribution < -0.4 is 9.80 Å². The van der Waals surface area contributed by atoms with Crippen molar-refractivity contribution in [1.82, 2.24) is 0 Å². The van der Waals surface area contributed by atoms with Gasteiger partial charge in [-0.05, 0) is 167 Å². The van der Waals surface area contributed by atoms with Gasteiger partial charge in [0.2, 0.25) is 0 Å². The Bertz CT molecular complexity index is 4100. The van der Waals surface area contributed by atoms with Crippen LogP contribution in [0.3, 0.4) is 0 Å². The first-order valence-corrected chi connectivity index (χ1v) is 25.7. The van der Waals surface area contributed by atoms with E-state index in [9.17, 15) is 0 Å². The summed E-state index contributed by atoms with van der Waals surface area (Å²) in [5, 5.41) is 7.69. The van der Waals surface area contributed by atoms with E-state index in [1.165, 1.54) is 76.8 Å². The zero-order chi connectivity index (χ0) is 49.0. The molecule has 14 rings (SSSR count). The van der Waals surface area contributed by atoms with Gasteiger partial charge < -0.3 is 9.80 Å². The fourth-order valence-corrected chi connectivity index (χ4v) is 11.9. The van der Waals surface area contributed by atoms with Crippen molar-refractivity contribution in [1.29, 1.82) is 0 Å². The third-order valence-electron chi connectivity index (χ3n) is 15.4. The lowest BCUT2D eigenvalue weighted by Crippen LogP contribution is -2.17. The summed E-state index contributed by atoms with van der Waals surface area (Å²) in [6, 6.07) is 99.8. The van der Waals surface area contributed by atoms with Crippen molar-refractivity contribution >= 4 is 72.0 Å². The quantitative estimate of drug-likeness (QED) is 0.133. The van der Waals surface area contributed by atoms with Gasteiger partial charge in [0.25, 0.3) is 0 Å². The zero-order valence-corrected chi connectivity index (χ0v) is 40.8. The zero-order valence-electron chi connectivity index (χ0n) is 40.8. The molecule has 0 saturated carbocycles. The molecule has 0 N–H and O–H groups in total. The second-order valence-corrected chi connectivity index (χ2v) is 19.6. The fourth-order valence-electron chi connectivity index (χ4n) is 11.9. The summed E-state index contributed by atoms with van der Waals surface area (Å²) in [7, 11) is 0. The average Bonchev–Trinajstić information content (AvgIpc) is 3.50. The summed E-state index contributed by atoms with van der Waals surface area (Å²) in [5.41, 5.74) is 19.3. The highest BCUT2D eigenvalue weighted by molar-refractivity contribution is 6.25. The molecule has 0 aliphatic heterocycles. The highest BCUT2D eigenvalue weighted by Gasteiger charge is 2.33.